The van der Waals surface area contributed by atoms with Crippen molar-refractivity contribution in [2.24, 2.45) is 5.92 Å². The quantitative estimate of drug-likeness (QED) is 0.705. The molecule has 2 bridgehead atoms. The van der Waals surface area contributed by atoms with E-state index in [1.165, 1.54) is 0 Å². The van der Waals surface area contributed by atoms with Crippen molar-refractivity contribution in [3.05, 3.63) is 62.5 Å². The molecule has 1 fully saturated rings. The summed E-state index contributed by atoms with van der Waals surface area (Å²) in [5.41, 5.74) is 1.95. The standard InChI is InChI=1S/C21H24ClN3O3.ClH/c1-13-3-2-4-17(22)19(13)28-8-7-24-20(26)16-5-6-18-15-9-14(10-23-11-15)12-25(18)21(16)27;/h2-6,14-15,23H,7-12H2,1H3,(H,24,26);1H/t14-,15+;/m0./s1. The van der Waals surface area contributed by atoms with Crippen molar-refractivity contribution < 1.29 is 9.53 Å². The van der Waals surface area contributed by atoms with Crippen molar-refractivity contribution in [1.29, 1.82) is 0 Å². The molecule has 156 valence electrons. The Labute approximate surface area is 181 Å². The number of hydrogen-bond donors (Lipinski definition) is 2. The minimum absolute atomic E-state index is 0. The summed E-state index contributed by atoms with van der Waals surface area (Å²) in [6, 6.07) is 9.12. The maximum absolute atomic E-state index is 12.9. The zero-order chi connectivity index (χ0) is 19.7. The molecule has 0 aliphatic carbocycles. The summed E-state index contributed by atoms with van der Waals surface area (Å²) in [5.74, 6) is 1.06. The van der Waals surface area contributed by atoms with Crippen LogP contribution in [0.15, 0.2) is 35.1 Å². The second-order valence-corrected chi connectivity index (χ2v) is 7.94. The summed E-state index contributed by atoms with van der Waals surface area (Å²) in [6.45, 7) is 4.97. The molecule has 4 rings (SSSR count). The molecule has 0 saturated carbocycles. The molecular weight excluding hydrogens is 413 g/mol. The molecule has 1 aromatic heterocycles. The number of amides is 1. The van der Waals surface area contributed by atoms with Crippen molar-refractivity contribution in [3.63, 3.8) is 0 Å². The van der Waals surface area contributed by atoms with E-state index >= 15 is 0 Å². The highest BCUT2D eigenvalue weighted by molar-refractivity contribution is 6.32. The lowest BCUT2D eigenvalue weighted by Gasteiger charge is -2.37. The van der Waals surface area contributed by atoms with E-state index in [4.69, 9.17) is 16.3 Å². The summed E-state index contributed by atoms with van der Waals surface area (Å²) < 4.78 is 7.48. The molecule has 2 atom stereocenters. The molecule has 1 aromatic carbocycles. The number of fused-ring (bicyclic) bond motifs is 4. The Hall–Kier alpha value is -2.02. The summed E-state index contributed by atoms with van der Waals surface area (Å²) in [6.07, 6.45) is 1.11. The number of carbonyl (C=O) groups excluding carboxylic acids is 1. The Morgan fingerprint density at radius 2 is 2.14 bits per heavy atom. The van der Waals surface area contributed by atoms with Crippen LogP contribution < -0.4 is 20.9 Å². The van der Waals surface area contributed by atoms with Crippen LogP contribution in [-0.2, 0) is 6.54 Å². The third kappa shape index (κ3) is 4.44. The van der Waals surface area contributed by atoms with Crippen LogP contribution in [0.3, 0.4) is 0 Å². The van der Waals surface area contributed by atoms with Gasteiger partial charge in [-0.2, -0.15) is 0 Å². The fraction of sp³-hybridized carbons (Fsp3) is 0.429. The van der Waals surface area contributed by atoms with Gasteiger partial charge in [0.05, 0.1) is 11.6 Å². The van der Waals surface area contributed by atoms with Gasteiger partial charge in [-0.05, 0) is 49.6 Å². The third-order valence-corrected chi connectivity index (χ3v) is 5.85. The van der Waals surface area contributed by atoms with Crippen LogP contribution in [-0.4, -0.2) is 36.7 Å². The van der Waals surface area contributed by atoms with E-state index in [-0.39, 0.29) is 36.0 Å². The molecule has 8 heteroatoms. The van der Waals surface area contributed by atoms with Crippen LogP contribution in [0.2, 0.25) is 5.02 Å². The Morgan fingerprint density at radius 3 is 2.93 bits per heavy atom. The number of benzene rings is 1. The van der Waals surface area contributed by atoms with E-state index in [9.17, 15) is 9.59 Å². The minimum Gasteiger partial charge on any atom is -0.490 e. The van der Waals surface area contributed by atoms with E-state index in [1.807, 2.05) is 25.1 Å². The first-order chi connectivity index (χ1) is 13.5. The highest BCUT2D eigenvalue weighted by Crippen LogP contribution is 2.31. The number of pyridine rings is 1. The summed E-state index contributed by atoms with van der Waals surface area (Å²) >= 11 is 6.13. The van der Waals surface area contributed by atoms with Gasteiger partial charge in [-0.1, -0.05) is 23.7 Å². The number of carbonyl (C=O) groups is 1. The van der Waals surface area contributed by atoms with Crippen LogP contribution in [0.4, 0.5) is 0 Å². The zero-order valence-corrected chi connectivity index (χ0v) is 17.8. The zero-order valence-electron chi connectivity index (χ0n) is 16.2. The van der Waals surface area contributed by atoms with Gasteiger partial charge in [-0.25, -0.2) is 0 Å². The van der Waals surface area contributed by atoms with Crippen LogP contribution in [0.5, 0.6) is 5.75 Å². The average molecular weight is 438 g/mol. The Balaban J connectivity index is 0.00000240. The average Bonchev–Trinajstić information content (AvgIpc) is 2.68. The van der Waals surface area contributed by atoms with E-state index in [0.29, 0.717) is 35.7 Å². The summed E-state index contributed by atoms with van der Waals surface area (Å²) in [7, 11) is 0. The van der Waals surface area contributed by atoms with Crippen LogP contribution in [0.25, 0.3) is 0 Å². The largest absolute Gasteiger partial charge is 0.490 e. The number of piperidine rings is 1. The topological polar surface area (TPSA) is 72.4 Å². The molecule has 2 aliphatic heterocycles. The molecule has 0 unspecified atom stereocenters. The minimum atomic E-state index is -0.367. The summed E-state index contributed by atoms with van der Waals surface area (Å²) in [4.78, 5) is 25.4. The van der Waals surface area contributed by atoms with E-state index in [2.05, 4.69) is 10.6 Å². The molecule has 29 heavy (non-hydrogen) atoms. The number of nitrogens with one attached hydrogen (secondary N) is 2. The van der Waals surface area contributed by atoms with Crippen molar-refractivity contribution >= 4 is 29.9 Å². The van der Waals surface area contributed by atoms with Gasteiger partial charge >= 0.3 is 0 Å². The molecule has 1 saturated heterocycles. The number of nitrogens with zero attached hydrogens (tertiary/aromatic N) is 1. The van der Waals surface area contributed by atoms with E-state index < -0.39 is 0 Å². The van der Waals surface area contributed by atoms with Crippen LogP contribution in [0.1, 0.15) is 34.0 Å². The van der Waals surface area contributed by atoms with Gasteiger partial charge in [-0.3, -0.25) is 9.59 Å². The van der Waals surface area contributed by atoms with Gasteiger partial charge in [-0.15, -0.1) is 12.4 Å². The second-order valence-electron chi connectivity index (χ2n) is 7.53. The van der Waals surface area contributed by atoms with Gasteiger partial charge in [0.15, 0.2) is 0 Å². The maximum Gasteiger partial charge on any atom is 0.263 e. The lowest BCUT2D eigenvalue weighted by atomic mass is 9.84. The van der Waals surface area contributed by atoms with Gasteiger partial charge in [0, 0.05) is 24.7 Å². The number of hydrogen-bond acceptors (Lipinski definition) is 4. The molecule has 0 radical (unpaired) electrons. The van der Waals surface area contributed by atoms with Gasteiger partial charge in [0.1, 0.15) is 17.9 Å². The number of halogens is 2. The molecule has 1 amide bonds. The number of aromatic nitrogens is 1. The predicted octanol–water partition coefficient (Wildman–Crippen LogP) is 2.75. The molecule has 6 nitrogen and oxygen atoms in total. The van der Waals surface area contributed by atoms with E-state index in [0.717, 1.165) is 30.8 Å². The van der Waals surface area contributed by atoms with E-state index in [1.54, 1.807) is 16.7 Å². The van der Waals surface area contributed by atoms with Gasteiger partial charge in [0.2, 0.25) is 0 Å². The summed E-state index contributed by atoms with van der Waals surface area (Å²) in [5, 5.41) is 6.74. The van der Waals surface area contributed by atoms with Crippen molar-refractivity contribution in [2.45, 2.75) is 25.8 Å². The Kier molecular flexibility index (Phi) is 6.88. The fourth-order valence-electron chi connectivity index (χ4n) is 4.18. The van der Waals surface area contributed by atoms with Crippen molar-refractivity contribution in [3.8, 4) is 5.75 Å². The molecule has 2 N–H and O–H groups in total. The highest BCUT2D eigenvalue weighted by atomic mass is 35.5. The fourth-order valence-corrected chi connectivity index (χ4v) is 4.45. The SMILES string of the molecule is Cc1cccc(Cl)c1OCCNC(=O)c1ccc2n(c1=O)C[C@@H]1CNC[C@H]2C1.Cl. The number of aryl methyl sites for hydroxylation is 1. The first kappa shape index (κ1) is 21.7. The highest BCUT2D eigenvalue weighted by Gasteiger charge is 2.31. The van der Waals surface area contributed by atoms with Crippen molar-refractivity contribution in [2.75, 3.05) is 26.2 Å². The predicted molar refractivity (Wildman–Crippen MR) is 116 cm³/mol. The molecular formula is C21H25Cl2N3O3. The second kappa shape index (κ2) is 9.20. The molecule has 0 spiro atoms. The van der Waals surface area contributed by atoms with Crippen molar-refractivity contribution in [1.82, 2.24) is 15.2 Å². The normalized spacial score (nSPS) is 19.7. The molecule has 2 aliphatic rings. The van der Waals surface area contributed by atoms with Gasteiger partial charge < -0.3 is 19.9 Å². The third-order valence-electron chi connectivity index (χ3n) is 5.55. The number of ether oxygens (including phenoxy) is 1. The van der Waals surface area contributed by atoms with Crippen LogP contribution >= 0.6 is 24.0 Å². The monoisotopic (exact) mass is 437 g/mol. The lowest BCUT2D eigenvalue weighted by Crippen LogP contribution is -2.46. The Bertz CT molecular complexity index is 940. The smallest absolute Gasteiger partial charge is 0.263 e. The first-order valence-electron chi connectivity index (χ1n) is 9.65. The number of para-hydroxylation sites is 1. The van der Waals surface area contributed by atoms with Crippen LogP contribution in [0, 0.1) is 12.8 Å². The van der Waals surface area contributed by atoms with Gasteiger partial charge in [0.25, 0.3) is 11.5 Å². The molecule has 2 aromatic rings. The Morgan fingerprint density at radius 1 is 1.31 bits per heavy atom. The lowest BCUT2D eigenvalue weighted by molar-refractivity contribution is 0.0944. The number of rotatable bonds is 5. The maximum atomic E-state index is 12.9. The molecule has 3 heterocycles. The first-order valence-corrected chi connectivity index (χ1v) is 10.0.